The first kappa shape index (κ1) is 27.9. The van der Waals surface area contributed by atoms with Crippen LogP contribution in [0.2, 0.25) is 5.02 Å². The van der Waals surface area contributed by atoms with E-state index in [1.54, 1.807) is 4.90 Å². The van der Waals surface area contributed by atoms with E-state index >= 15 is 0 Å². The van der Waals surface area contributed by atoms with E-state index in [9.17, 15) is 4.79 Å². The molecule has 8 heteroatoms. The molecule has 2 heterocycles. The van der Waals surface area contributed by atoms with E-state index in [2.05, 4.69) is 46.2 Å². The molecule has 1 fully saturated rings. The summed E-state index contributed by atoms with van der Waals surface area (Å²) in [6.07, 6.45) is 10.5. The van der Waals surface area contributed by atoms with Crippen molar-refractivity contribution >= 4 is 29.5 Å². The summed E-state index contributed by atoms with van der Waals surface area (Å²) in [7, 11) is 0. The highest BCUT2D eigenvalue weighted by Crippen LogP contribution is 2.37. The Morgan fingerprint density at radius 1 is 1.26 bits per heavy atom. The lowest BCUT2D eigenvalue weighted by molar-refractivity contribution is 0.0129. The molecule has 0 radical (unpaired) electrons. The maximum Gasteiger partial charge on any atom is 0.410 e. The number of imidazole rings is 1. The summed E-state index contributed by atoms with van der Waals surface area (Å²) in [5.41, 5.74) is 4.52. The summed E-state index contributed by atoms with van der Waals surface area (Å²) in [5.74, 6) is 0.938. The molecule has 1 aromatic heterocycles. The number of fused-ring (bicyclic) bond motifs is 1. The summed E-state index contributed by atoms with van der Waals surface area (Å²) in [4.78, 5) is 26.3. The van der Waals surface area contributed by atoms with Crippen LogP contribution in [0.5, 0.6) is 0 Å². The van der Waals surface area contributed by atoms with Gasteiger partial charge in [-0.25, -0.2) is 9.78 Å². The Kier molecular flexibility index (Phi) is 8.58. The SMILES string of the molecule is C=C1C(Cn2ccnc2C)=Cc2cc(Cl)ccc2C(N2CCN(C(=O)OC(C)(C)C)CC2)C1=N/C=C\CC. The largest absolute Gasteiger partial charge is 0.444 e. The number of allylic oxidation sites excluding steroid dienone is 2. The molecule has 1 atom stereocenters. The number of halogens is 1. The number of carbonyl (C=O) groups is 1. The molecular formula is C30H38ClN5O2. The van der Waals surface area contributed by atoms with Crippen molar-refractivity contribution in [2.75, 3.05) is 26.2 Å². The number of hydrogen-bond acceptors (Lipinski definition) is 5. The second kappa shape index (κ2) is 11.7. The first-order valence-corrected chi connectivity index (χ1v) is 13.6. The molecule has 0 N–H and O–H groups in total. The quantitative estimate of drug-likeness (QED) is 0.441. The minimum atomic E-state index is -0.521. The summed E-state index contributed by atoms with van der Waals surface area (Å²) in [6, 6.07) is 5.91. The van der Waals surface area contributed by atoms with E-state index in [1.807, 2.05) is 58.4 Å². The van der Waals surface area contributed by atoms with Gasteiger partial charge in [-0.2, -0.15) is 0 Å². The number of nitrogens with zero attached hydrogens (tertiary/aromatic N) is 5. The number of piperazine rings is 1. The molecule has 202 valence electrons. The first-order chi connectivity index (χ1) is 18.1. The number of rotatable bonds is 5. The van der Waals surface area contributed by atoms with Gasteiger partial charge in [0.05, 0.1) is 11.8 Å². The van der Waals surface area contributed by atoms with E-state index in [0.29, 0.717) is 37.7 Å². The lowest BCUT2D eigenvalue weighted by Gasteiger charge is -2.40. The fourth-order valence-electron chi connectivity index (χ4n) is 4.81. The fourth-order valence-corrected chi connectivity index (χ4v) is 4.99. The number of amides is 1. The topological polar surface area (TPSA) is 63.0 Å². The van der Waals surface area contributed by atoms with Gasteiger partial charge in [-0.1, -0.05) is 37.2 Å². The van der Waals surface area contributed by atoms with Gasteiger partial charge in [0.1, 0.15) is 11.4 Å². The molecule has 0 saturated carbocycles. The predicted octanol–water partition coefficient (Wildman–Crippen LogP) is 6.46. The molecule has 1 aliphatic heterocycles. The van der Waals surface area contributed by atoms with Gasteiger partial charge in [-0.3, -0.25) is 9.89 Å². The standard InChI is InChI=1S/C30H38ClN5O2/c1-7-8-11-33-27-21(2)24(20-36-13-12-32-22(36)3)18-23-19-25(31)9-10-26(23)28(27)34-14-16-35(17-15-34)29(37)38-30(4,5)6/h8-13,18-19,28H,2,7,14-17,20H2,1,3-6H3/b11-8-,33-27?. The van der Waals surface area contributed by atoms with Crippen LogP contribution in [0.1, 0.15) is 57.1 Å². The molecule has 1 aliphatic carbocycles. The van der Waals surface area contributed by atoms with Crippen LogP contribution >= 0.6 is 11.6 Å². The highest BCUT2D eigenvalue weighted by Gasteiger charge is 2.35. The van der Waals surface area contributed by atoms with E-state index < -0.39 is 5.60 Å². The van der Waals surface area contributed by atoms with E-state index in [1.165, 1.54) is 0 Å². The van der Waals surface area contributed by atoms with Crippen LogP contribution in [0.15, 0.2) is 65.6 Å². The monoisotopic (exact) mass is 535 g/mol. The van der Waals surface area contributed by atoms with Gasteiger partial charge in [0.25, 0.3) is 0 Å². The van der Waals surface area contributed by atoms with Crippen LogP contribution in [0.3, 0.4) is 0 Å². The summed E-state index contributed by atoms with van der Waals surface area (Å²) in [5, 5.41) is 0.684. The van der Waals surface area contributed by atoms with Crippen LogP contribution in [0, 0.1) is 6.92 Å². The van der Waals surface area contributed by atoms with Crippen molar-refractivity contribution in [1.29, 1.82) is 0 Å². The molecule has 4 rings (SSSR count). The van der Waals surface area contributed by atoms with Gasteiger partial charge >= 0.3 is 6.09 Å². The molecular weight excluding hydrogens is 498 g/mol. The number of carbonyl (C=O) groups excluding carboxylic acids is 1. The van der Waals surface area contributed by atoms with Crippen LogP contribution in [0.25, 0.3) is 6.08 Å². The van der Waals surface area contributed by atoms with Gasteiger partial charge in [-0.15, -0.1) is 0 Å². The zero-order chi connectivity index (χ0) is 27.4. The molecule has 2 aromatic rings. The van der Waals surface area contributed by atoms with Crippen molar-refractivity contribution in [2.24, 2.45) is 4.99 Å². The van der Waals surface area contributed by atoms with Crippen LogP contribution < -0.4 is 0 Å². The Labute approximate surface area is 231 Å². The number of ether oxygens (including phenoxy) is 1. The number of aryl methyl sites for hydroxylation is 1. The highest BCUT2D eigenvalue weighted by molar-refractivity contribution is 6.30. The number of benzene rings is 1. The van der Waals surface area contributed by atoms with Crippen LogP contribution in [-0.2, 0) is 11.3 Å². The van der Waals surface area contributed by atoms with E-state index in [4.69, 9.17) is 21.3 Å². The molecule has 38 heavy (non-hydrogen) atoms. The van der Waals surface area contributed by atoms with Gasteiger partial charge < -0.3 is 14.2 Å². The number of aliphatic imine (C=N–C) groups is 1. The number of hydrogen-bond donors (Lipinski definition) is 0. The van der Waals surface area contributed by atoms with Crippen molar-refractivity contribution in [3.8, 4) is 0 Å². The Bertz CT molecular complexity index is 1280. The molecule has 1 amide bonds. The Morgan fingerprint density at radius 3 is 2.63 bits per heavy atom. The summed E-state index contributed by atoms with van der Waals surface area (Å²) < 4.78 is 7.73. The molecule has 1 aromatic carbocycles. The Balaban J connectivity index is 1.71. The zero-order valence-corrected chi connectivity index (χ0v) is 23.8. The van der Waals surface area contributed by atoms with Crippen molar-refractivity contribution in [3.63, 3.8) is 0 Å². The normalized spacial score (nSPS) is 20.0. The lowest BCUT2D eigenvalue weighted by atomic mass is 9.93. The average molecular weight is 536 g/mol. The lowest BCUT2D eigenvalue weighted by Crippen LogP contribution is -2.52. The third kappa shape index (κ3) is 6.45. The second-order valence-electron chi connectivity index (χ2n) is 10.7. The predicted molar refractivity (Wildman–Crippen MR) is 155 cm³/mol. The van der Waals surface area contributed by atoms with Gasteiger partial charge in [0.2, 0.25) is 0 Å². The van der Waals surface area contributed by atoms with Gasteiger partial charge in [0.15, 0.2) is 0 Å². The fraction of sp³-hybridized carbons (Fsp3) is 0.433. The van der Waals surface area contributed by atoms with Crippen molar-refractivity contribution in [1.82, 2.24) is 19.4 Å². The molecule has 7 nitrogen and oxygen atoms in total. The van der Waals surface area contributed by atoms with E-state index in [0.717, 1.165) is 40.2 Å². The Hall–Kier alpha value is -3.16. The summed E-state index contributed by atoms with van der Waals surface area (Å²) >= 11 is 6.48. The highest BCUT2D eigenvalue weighted by atomic mass is 35.5. The van der Waals surface area contributed by atoms with E-state index in [-0.39, 0.29) is 12.1 Å². The molecule has 1 saturated heterocycles. The molecule has 1 unspecified atom stereocenters. The van der Waals surface area contributed by atoms with Crippen molar-refractivity contribution in [3.05, 3.63) is 82.6 Å². The maximum absolute atomic E-state index is 12.7. The minimum absolute atomic E-state index is 0.130. The van der Waals surface area contributed by atoms with Crippen LogP contribution in [-0.4, -0.2) is 62.9 Å². The minimum Gasteiger partial charge on any atom is -0.444 e. The second-order valence-corrected chi connectivity index (χ2v) is 11.2. The van der Waals surface area contributed by atoms with Gasteiger partial charge in [0, 0.05) is 56.3 Å². The molecule has 0 spiro atoms. The van der Waals surface area contributed by atoms with Gasteiger partial charge in [-0.05, 0) is 74.6 Å². The molecule has 2 aliphatic rings. The molecule has 0 bridgehead atoms. The third-order valence-electron chi connectivity index (χ3n) is 6.78. The number of aromatic nitrogens is 2. The first-order valence-electron chi connectivity index (χ1n) is 13.2. The third-order valence-corrected chi connectivity index (χ3v) is 7.01. The van der Waals surface area contributed by atoms with Crippen molar-refractivity contribution < 1.29 is 9.53 Å². The maximum atomic E-state index is 12.7. The van der Waals surface area contributed by atoms with Crippen LogP contribution in [0.4, 0.5) is 4.79 Å². The smallest absolute Gasteiger partial charge is 0.410 e. The zero-order valence-electron chi connectivity index (χ0n) is 23.1. The van der Waals surface area contributed by atoms with Crippen molar-refractivity contribution in [2.45, 2.75) is 59.2 Å². The Morgan fingerprint density at radius 2 is 2.00 bits per heavy atom. The average Bonchev–Trinajstić information content (AvgIpc) is 3.22. The summed E-state index contributed by atoms with van der Waals surface area (Å²) in [6.45, 7) is 17.5.